The summed E-state index contributed by atoms with van der Waals surface area (Å²) in [6, 6.07) is 5.22. The molecular weight excluding hydrogens is 332 g/mol. The summed E-state index contributed by atoms with van der Waals surface area (Å²) < 4.78 is 5.94. The Balaban J connectivity index is 1.76. The van der Waals surface area contributed by atoms with Gasteiger partial charge in [0, 0.05) is 31.7 Å². The lowest BCUT2D eigenvalue weighted by atomic mass is 10.0. The van der Waals surface area contributed by atoms with Crippen molar-refractivity contribution >= 4 is 15.9 Å². The maximum absolute atomic E-state index is 9.91. The molecule has 2 atom stereocenters. The molecule has 0 bridgehead atoms. The Bertz CT molecular complexity index is 523. The van der Waals surface area contributed by atoms with E-state index in [2.05, 4.69) is 32.7 Å². The third-order valence-electron chi connectivity index (χ3n) is 4.92. The van der Waals surface area contributed by atoms with Gasteiger partial charge in [0.1, 0.15) is 0 Å². The fourth-order valence-corrected chi connectivity index (χ4v) is 4.20. The zero-order chi connectivity index (χ0) is 15.0. The number of methoxy groups -OCH3 is 1. The SMILES string of the molecule is COc1cc(CN2CCN3CCCC3C2C)cc(Br)c1O. The van der Waals surface area contributed by atoms with Gasteiger partial charge in [-0.3, -0.25) is 9.80 Å². The van der Waals surface area contributed by atoms with Crippen molar-refractivity contribution in [3.8, 4) is 11.5 Å². The number of nitrogens with zero attached hydrogens (tertiary/aromatic N) is 2. The minimum absolute atomic E-state index is 0.176. The Hall–Kier alpha value is -0.780. The second-order valence-electron chi connectivity index (χ2n) is 6.09. The van der Waals surface area contributed by atoms with Crippen LogP contribution in [0.3, 0.4) is 0 Å². The van der Waals surface area contributed by atoms with Crippen LogP contribution in [-0.2, 0) is 6.54 Å². The molecule has 3 rings (SSSR count). The number of halogens is 1. The van der Waals surface area contributed by atoms with Crippen molar-refractivity contribution in [2.24, 2.45) is 0 Å². The lowest BCUT2D eigenvalue weighted by Crippen LogP contribution is -2.55. The molecule has 2 fully saturated rings. The summed E-state index contributed by atoms with van der Waals surface area (Å²) in [5, 5.41) is 9.91. The second-order valence-corrected chi connectivity index (χ2v) is 6.94. The van der Waals surface area contributed by atoms with Gasteiger partial charge < -0.3 is 9.84 Å². The van der Waals surface area contributed by atoms with Gasteiger partial charge in [-0.25, -0.2) is 0 Å². The Morgan fingerprint density at radius 1 is 1.33 bits per heavy atom. The molecule has 116 valence electrons. The van der Waals surface area contributed by atoms with E-state index in [1.165, 1.54) is 31.5 Å². The number of hydrogen-bond donors (Lipinski definition) is 1. The monoisotopic (exact) mass is 354 g/mol. The molecule has 2 heterocycles. The Morgan fingerprint density at radius 2 is 2.14 bits per heavy atom. The highest BCUT2D eigenvalue weighted by molar-refractivity contribution is 9.10. The number of fused-ring (bicyclic) bond motifs is 1. The van der Waals surface area contributed by atoms with E-state index < -0.39 is 0 Å². The normalized spacial score (nSPS) is 26.8. The molecule has 0 amide bonds. The predicted molar refractivity (Wildman–Crippen MR) is 86.8 cm³/mol. The number of ether oxygens (including phenoxy) is 1. The summed E-state index contributed by atoms with van der Waals surface area (Å²) in [5.41, 5.74) is 1.18. The first-order chi connectivity index (χ1) is 10.1. The first-order valence-electron chi connectivity index (χ1n) is 7.63. The molecule has 0 radical (unpaired) electrons. The Morgan fingerprint density at radius 3 is 2.90 bits per heavy atom. The number of benzene rings is 1. The highest BCUT2D eigenvalue weighted by Crippen LogP contribution is 2.36. The molecule has 2 aliphatic heterocycles. The van der Waals surface area contributed by atoms with Gasteiger partial charge in [0.2, 0.25) is 0 Å². The molecule has 1 aromatic carbocycles. The van der Waals surface area contributed by atoms with E-state index in [9.17, 15) is 5.11 Å². The topological polar surface area (TPSA) is 35.9 Å². The zero-order valence-electron chi connectivity index (χ0n) is 12.7. The molecule has 5 heteroatoms. The number of aromatic hydroxyl groups is 1. The van der Waals surface area contributed by atoms with Crippen LogP contribution in [0.15, 0.2) is 16.6 Å². The van der Waals surface area contributed by atoms with Gasteiger partial charge in [0.05, 0.1) is 11.6 Å². The van der Waals surface area contributed by atoms with Crippen molar-refractivity contribution in [1.29, 1.82) is 0 Å². The van der Waals surface area contributed by atoms with E-state index in [1.54, 1.807) is 7.11 Å². The Labute approximate surface area is 134 Å². The summed E-state index contributed by atoms with van der Waals surface area (Å²) in [7, 11) is 1.59. The molecule has 0 saturated carbocycles. The molecule has 1 aromatic rings. The summed E-state index contributed by atoms with van der Waals surface area (Å²) >= 11 is 3.41. The van der Waals surface area contributed by atoms with E-state index in [0.717, 1.165) is 13.1 Å². The van der Waals surface area contributed by atoms with Gasteiger partial charge in [-0.2, -0.15) is 0 Å². The van der Waals surface area contributed by atoms with Crippen LogP contribution in [0.2, 0.25) is 0 Å². The van der Waals surface area contributed by atoms with Crippen molar-refractivity contribution < 1.29 is 9.84 Å². The molecule has 2 aliphatic rings. The third-order valence-corrected chi connectivity index (χ3v) is 5.52. The standard InChI is InChI=1S/C16H23BrN2O2/c1-11-14-4-3-5-18(14)6-7-19(11)10-12-8-13(17)16(20)15(9-12)21-2/h8-9,11,14,20H,3-7,10H2,1-2H3. The summed E-state index contributed by atoms with van der Waals surface area (Å²) in [5.74, 6) is 0.710. The number of piperazine rings is 1. The minimum atomic E-state index is 0.176. The van der Waals surface area contributed by atoms with E-state index >= 15 is 0 Å². The van der Waals surface area contributed by atoms with Gasteiger partial charge in [0.25, 0.3) is 0 Å². The summed E-state index contributed by atoms with van der Waals surface area (Å²) in [6.45, 7) is 6.79. The average Bonchev–Trinajstić information content (AvgIpc) is 2.95. The van der Waals surface area contributed by atoms with Crippen molar-refractivity contribution in [3.63, 3.8) is 0 Å². The van der Waals surface area contributed by atoms with Crippen LogP contribution < -0.4 is 4.74 Å². The van der Waals surface area contributed by atoms with Crippen LogP contribution in [-0.4, -0.2) is 53.7 Å². The molecule has 0 spiro atoms. The first kappa shape index (κ1) is 15.1. The van der Waals surface area contributed by atoms with Gasteiger partial charge in [-0.15, -0.1) is 0 Å². The lowest BCUT2D eigenvalue weighted by Gasteiger charge is -2.43. The molecule has 0 aliphatic carbocycles. The first-order valence-corrected chi connectivity index (χ1v) is 8.43. The van der Waals surface area contributed by atoms with Crippen LogP contribution in [0.1, 0.15) is 25.3 Å². The summed E-state index contributed by atoms with van der Waals surface area (Å²) in [4.78, 5) is 5.18. The highest BCUT2D eigenvalue weighted by Gasteiger charge is 2.36. The van der Waals surface area contributed by atoms with Crippen LogP contribution >= 0.6 is 15.9 Å². The van der Waals surface area contributed by atoms with E-state index in [-0.39, 0.29) is 5.75 Å². The zero-order valence-corrected chi connectivity index (χ0v) is 14.3. The molecule has 0 aromatic heterocycles. The van der Waals surface area contributed by atoms with Gasteiger partial charge >= 0.3 is 0 Å². The molecule has 2 saturated heterocycles. The maximum atomic E-state index is 9.91. The Kier molecular flexibility index (Phi) is 4.43. The van der Waals surface area contributed by atoms with Gasteiger partial charge in [-0.05, 0) is 59.9 Å². The van der Waals surface area contributed by atoms with E-state index in [4.69, 9.17) is 4.74 Å². The lowest BCUT2D eigenvalue weighted by molar-refractivity contribution is 0.0470. The summed E-state index contributed by atoms with van der Waals surface area (Å²) in [6.07, 6.45) is 2.65. The van der Waals surface area contributed by atoms with E-state index in [1.807, 2.05) is 12.1 Å². The van der Waals surface area contributed by atoms with Gasteiger partial charge in [0.15, 0.2) is 11.5 Å². The largest absolute Gasteiger partial charge is 0.503 e. The number of rotatable bonds is 3. The average molecular weight is 355 g/mol. The fourth-order valence-electron chi connectivity index (χ4n) is 3.71. The van der Waals surface area contributed by atoms with Crippen molar-refractivity contribution in [2.45, 2.75) is 38.4 Å². The van der Waals surface area contributed by atoms with Crippen LogP contribution in [0.25, 0.3) is 0 Å². The molecular formula is C16H23BrN2O2. The van der Waals surface area contributed by atoms with Crippen molar-refractivity contribution in [2.75, 3.05) is 26.7 Å². The maximum Gasteiger partial charge on any atom is 0.172 e. The number of hydrogen-bond acceptors (Lipinski definition) is 4. The second kappa shape index (κ2) is 6.15. The predicted octanol–water partition coefficient (Wildman–Crippen LogP) is 2.83. The third kappa shape index (κ3) is 2.91. The van der Waals surface area contributed by atoms with Crippen molar-refractivity contribution in [3.05, 3.63) is 22.2 Å². The minimum Gasteiger partial charge on any atom is -0.503 e. The number of phenols is 1. The molecule has 21 heavy (non-hydrogen) atoms. The smallest absolute Gasteiger partial charge is 0.172 e. The quantitative estimate of drug-likeness (QED) is 0.905. The van der Waals surface area contributed by atoms with Gasteiger partial charge in [-0.1, -0.05) is 0 Å². The number of phenolic OH excluding ortho intramolecular Hbond substituents is 1. The molecule has 1 N–H and O–H groups in total. The van der Waals surface area contributed by atoms with Crippen LogP contribution in [0.4, 0.5) is 0 Å². The molecule has 4 nitrogen and oxygen atoms in total. The van der Waals surface area contributed by atoms with Crippen molar-refractivity contribution in [1.82, 2.24) is 9.80 Å². The fraction of sp³-hybridized carbons (Fsp3) is 0.625. The van der Waals surface area contributed by atoms with Crippen LogP contribution in [0, 0.1) is 0 Å². The molecule has 2 unspecified atom stereocenters. The van der Waals surface area contributed by atoms with E-state index in [0.29, 0.717) is 22.3 Å². The highest BCUT2D eigenvalue weighted by atomic mass is 79.9. The van der Waals surface area contributed by atoms with Crippen LogP contribution in [0.5, 0.6) is 11.5 Å².